The van der Waals surface area contributed by atoms with E-state index < -0.39 is 0 Å². The molecule has 2 aromatic carbocycles. The summed E-state index contributed by atoms with van der Waals surface area (Å²) in [6.07, 6.45) is 1.91. The summed E-state index contributed by atoms with van der Waals surface area (Å²) in [5.74, 6) is -0.0582. The molecule has 0 radical (unpaired) electrons. The molecule has 0 bridgehead atoms. The van der Waals surface area contributed by atoms with Crippen molar-refractivity contribution in [3.63, 3.8) is 0 Å². The number of aryl methyl sites for hydroxylation is 3. The summed E-state index contributed by atoms with van der Waals surface area (Å²) >= 11 is 0. The van der Waals surface area contributed by atoms with E-state index in [1.54, 1.807) is 23.1 Å². The topological polar surface area (TPSA) is 33.5 Å². The van der Waals surface area contributed by atoms with Crippen molar-refractivity contribution in [2.75, 3.05) is 0 Å². The molecule has 0 saturated heterocycles. The maximum absolute atomic E-state index is 14.1. The van der Waals surface area contributed by atoms with E-state index in [0.717, 1.165) is 40.5 Å². The predicted molar refractivity (Wildman–Crippen MR) is 99.7 cm³/mol. The zero-order valence-corrected chi connectivity index (χ0v) is 15.3. The first-order chi connectivity index (χ1) is 12.5. The van der Waals surface area contributed by atoms with Gasteiger partial charge in [-0.2, -0.15) is 0 Å². The predicted octanol–water partition coefficient (Wildman–Crippen LogP) is 5.30. The minimum atomic E-state index is -0.279. The average Bonchev–Trinajstić information content (AvgIpc) is 3.37. The Morgan fingerprint density at radius 1 is 1.19 bits per heavy atom. The Morgan fingerprint density at radius 2 is 1.92 bits per heavy atom. The monoisotopic (exact) mass is 351 g/mol. The molecule has 0 atom stereocenters. The number of carbonyl (C=O) groups excluding carboxylic acids is 1. The maximum Gasteiger partial charge on any atom is 0.290 e. The van der Waals surface area contributed by atoms with Crippen LogP contribution in [0, 0.1) is 26.6 Å². The molecule has 134 valence electrons. The van der Waals surface area contributed by atoms with Gasteiger partial charge in [0.1, 0.15) is 11.4 Å². The molecule has 4 rings (SSSR count). The van der Waals surface area contributed by atoms with Gasteiger partial charge in [0.15, 0.2) is 5.76 Å². The van der Waals surface area contributed by atoms with Crippen LogP contribution in [0.5, 0.6) is 0 Å². The number of carbonyl (C=O) groups is 1. The number of fused-ring (bicyclic) bond motifs is 1. The number of furan rings is 1. The van der Waals surface area contributed by atoms with Crippen LogP contribution in [0.4, 0.5) is 4.39 Å². The van der Waals surface area contributed by atoms with Gasteiger partial charge in [-0.25, -0.2) is 4.39 Å². The lowest BCUT2D eigenvalue weighted by atomic mass is 10.0. The van der Waals surface area contributed by atoms with Gasteiger partial charge in [0, 0.05) is 29.1 Å². The van der Waals surface area contributed by atoms with Gasteiger partial charge in [0.05, 0.1) is 0 Å². The molecule has 3 nitrogen and oxygen atoms in total. The summed E-state index contributed by atoms with van der Waals surface area (Å²) in [6, 6.07) is 10.9. The molecule has 0 unspecified atom stereocenters. The van der Waals surface area contributed by atoms with Crippen molar-refractivity contribution in [2.24, 2.45) is 0 Å². The fourth-order valence-electron chi connectivity index (χ4n) is 3.69. The van der Waals surface area contributed by atoms with Crippen molar-refractivity contribution in [2.45, 2.75) is 46.2 Å². The molecule has 1 aliphatic rings. The zero-order valence-electron chi connectivity index (χ0n) is 15.3. The van der Waals surface area contributed by atoms with Crippen LogP contribution in [0.15, 0.2) is 40.8 Å². The Hall–Kier alpha value is -2.62. The number of amides is 1. The minimum absolute atomic E-state index is 0.151. The number of benzene rings is 2. The van der Waals surface area contributed by atoms with Crippen LogP contribution in [0.1, 0.15) is 45.7 Å². The summed E-state index contributed by atoms with van der Waals surface area (Å²) in [7, 11) is 0. The summed E-state index contributed by atoms with van der Waals surface area (Å²) in [5.41, 5.74) is 4.35. The van der Waals surface area contributed by atoms with Gasteiger partial charge < -0.3 is 9.32 Å². The first-order valence-electron chi connectivity index (χ1n) is 9.00. The van der Waals surface area contributed by atoms with E-state index in [0.29, 0.717) is 11.3 Å². The Bertz CT molecular complexity index is 1000. The van der Waals surface area contributed by atoms with Gasteiger partial charge in [-0.1, -0.05) is 24.3 Å². The summed E-state index contributed by atoms with van der Waals surface area (Å²) in [5, 5.41) is 1.00. The van der Waals surface area contributed by atoms with Crippen molar-refractivity contribution in [1.29, 1.82) is 0 Å². The van der Waals surface area contributed by atoms with Crippen LogP contribution in [0.25, 0.3) is 11.0 Å². The van der Waals surface area contributed by atoms with Crippen molar-refractivity contribution in [3.8, 4) is 0 Å². The van der Waals surface area contributed by atoms with E-state index in [-0.39, 0.29) is 24.3 Å². The van der Waals surface area contributed by atoms with Gasteiger partial charge in [-0.15, -0.1) is 0 Å². The molecule has 0 N–H and O–H groups in total. The van der Waals surface area contributed by atoms with E-state index in [4.69, 9.17) is 4.42 Å². The van der Waals surface area contributed by atoms with Crippen molar-refractivity contribution >= 4 is 16.9 Å². The molecular weight excluding hydrogens is 329 g/mol. The Labute approximate surface area is 152 Å². The minimum Gasteiger partial charge on any atom is -0.451 e. The molecule has 1 heterocycles. The molecule has 1 aromatic heterocycles. The van der Waals surface area contributed by atoms with E-state index in [1.165, 1.54) is 6.07 Å². The molecule has 3 aromatic rings. The average molecular weight is 351 g/mol. The third-order valence-electron chi connectivity index (χ3n) is 5.11. The third kappa shape index (κ3) is 2.90. The Morgan fingerprint density at radius 3 is 2.62 bits per heavy atom. The molecule has 0 spiro atoms. The highest BCUT2D eigenvalue weighted by atomic mass is 19.1. The highest BCUT2D eigenvalue weighted by molar-refractivity contribution is 6.00. The molecule has 1 amide bonds. The second-order valence-electron chi connectivity index (χ2n) is 7.27. The van der Waals surface area contributed by atoms with Gasteiger partial charge >= 0.3 is 0 Å². The molecule has 26 heavy (non-hydrogen) atoms. The highest BCUT2D eigenvalue weighted by Gasteiger charge is 2.36. The number of hydrogen-bond donors (Lipinski definition) is 0. The van der Waals surface area contributed by atoms with Crippen LogP contribution in [0.2, 0.25) is 0 Å². The van der Waals surface area contributed by atoms with E-state index >= 15 is 0 Å². The largest absolute Gasteiger partial charge is 0.451 e. The van der Waals surface area contributed by atoms with E-state index in [2.05, 4.69) is 6.07 Å². The quantitative estimate of drug-likeness (QED) is 0.639. The first kappa shape index (κ1) is 16.8. The lowest BCUT2D eigenvalue weighted by molar-refractivity contribution is 0.0697. The van der Waals surface area contributed by atoms with Crippen LogP contribution in [-0.4, -0.2) is 16.8 Å². The lowest BCUT2D eigenvalue weighted by Crippen LogP contribution is -2.33. The van der Waals surface area contributed by atoms with Crippen molar-refractivity contribution in [3.05, 3.63) is 70.2 Å². The molecule has 1 fully saturated rings. The van der Waals surface area contributed by atoms with Crippen LogP contribution >= 0.6 is 0 Å². The van der Waals surface area contributed by atoms with Crippen molar-refractivity contribution in [1.82, 2.24) is 4.90 Å². The van der Waals surface area contributed by atoms with Crippen molar-refractivity contribution < 1.29 is 13.6 Å². The van der Waals surface area contributed by atoms with E-state index in [9.17, 15) is 9.18 Å². The van der Waals surface area contributed by atoms with Gasteiger partial charge in [0.25, 0.3) is 5.91 Å². The molecule has 1 aliphatic carbocycles. The van der Waals surface area contributed by atoms with Gasteiger partial charge in [0.2, 0.25) is 0 Å². The van der Waals surface area contributed by atoms with Crippen LogP contribution in [0.3, 0.4) is 0 Å². The smallest absolute Gasteiger partial charge is 0.290 e. The first-order valence-corrected chi connectivity index (χ1v) is 9.00. The van der Waals surface area contributed by atoms with Gasteiger partial charge in [-0.3, -0.25) is 4.79 Å². The maximum atomic E-state index is 14.1. The van der Waals surface area contributed by atoms with Gasteiger partial charge in [-0.05, 0) is 56.9 Å². The molecule has 1 saturated carbocycles. The second-order valence-corrected chi connectivity index (χ2v) is 7.27. The third-order valence-corrected chi connectivity index (χ3v) is 5.11. The zero-order chi connectivity index (χ0) is 18.4. The van der Waals surface area contributed by atoms with Crippen LogP contribution < -0.4 is 0 Å². The highest BCUT2D eigenvalue weighted by Crippen LogP contribution is 2.34. The standard InChI is InChI=1S/C22H22FNO2/c1-13-10-14(2)20-15(3)21(26-19(20)11-13)22(25)24(17-8-9-17)12-16-6-4-5-7-18(16)23/h4-7,10-11,17H,8-9,12H2,1-3H3. The molecular formula is C22H22FNO2. The summed E-state index contributed by atoms with van der Waals surface area (Å²) in [4.78, 5) is 15.0. The molecule has 4 heteroatoms. The van der Waals surface area contributed by atoms with Crippen LogP contribution in [-0.2, 0) is 6.54 Å². The fraction of sp³-hybridized carbons (Fsp3) is 0.318. The number of rotatable bonds is 4. The lowest BCUT2D eigenvalue weighted by Gasteiger charge is -2.22. The normalized spacial score (nSPS) is 14.0. The number of hydrogen-bond acceptors (Lipinski definition) is 2. The number of halogens is 1. The number of nitrogens with zero attached hydrogens (tertiary/aromatic N) is 1. The fourth-order valence-corrected chi connectivity index (χ4v) is 3.69. The molecule has 0 aliphatic heterocycles. The SMILES string of the molecule is Cc1cc(C)c2c(C)c(C(=O)N(Cc3ccccc3F)C3CC3)oc2c1. The second kappa shape index (κ2) is 6.27. The van der Waals surface area contributed by atoms with E-state index in [1.807, 2.05) is 26.8 Å². The summed E-state index contributed by atoms with van der Waals surface area (Å²) < 4.78 is 20.0. The Balaban J connectivity index is 1.73. The Kier molecular flexibility index (Phi) is 4.06. The summed E-state index contributed by atoms with van der Waals surface area (Å²) in [6.45, 7) is 6.24.